The Morgan fingerprint density at radius 1 is 1.00 bits per heavy atom. The van der Waals surface area contributed by atoms with E-state index in [4.69, 9.17) is 9.47 Å². The lowest BCUT2D eigenvalue weighted by atomic mass is 9.73. The van der Waals surface area contributed by atoms with Gasteiger partial charge in [-0.25, -0.2) is 9.59 Å². The van der Waals surface area contributed by atoms with Crippen molar-refractivity contribution >= 4 is 55.2 Å². The molecule has 0 spiro atoms. The minimum atomic E-state index is -1.30. The van der Waals surface area contributed by atoms with Gasteiger partial charge in [0.05, 0.1) is 14.2 Å². The van der Waals surface area contributed by atoms with Gasteiger partial charge in [-0.1, -0.05) is 31.9 Å². The molecular formula is C20H20Br2N2O4. The molecule has 0 aromatic heterocycles. The lowest BCUT2D eigenvalue weighted by Gasteiger charge is -2.45. The predicted molar refractivity (Wildman–Crippen MR) is 114 cm³/mol. The average molecular weight is 512 g/mol. The van der Waals surface area contributed by atoms with E-state index in [1.54, 1.807) is 6.92 Å². The maximum Gasteiger partial charge on any atom is 0.336 e. The van der Waals surface area contributed by atoms with Crippen LogP contribution in [0.25, 0.3) is 0 Å². The van der Waals surface area contributed by atoms with Crippen LogP contribution in [-0.4, -0.2) is 31.7 Å². The van der Waals surface area contributed by atoms with Crippen molar-refractivity contribution in [3.05, 3.63) is 57.0 Å². The molecule has 6 nitrogen and oxygen atoms in total. The third-order valence-corrected chi connectivity index (χ3v) is 5.86. The Bertz CT molecular complexity index is 919. The average Bonchev–Trinajstić information content (AvgIpc) is 2.68. The molecule has 1 aliphatic heterocycles. The van der Waals surface area contributed by atoms with Crippen molar-refractivity contribution in [2.45, 2.75) is 24.4 Å². The third-order valence-electron chi connectivity index (χ3n) is 4.84. The third kappa shape index (κ3) is 3.63. The zero-order valence-electron chi connectivity index (χ0n) is 15.6. The van der Waals surface area contributed by atoms with Crippen molar-refractivity contribution in [3.8, 4) is 0 Å². The van der Waals surface area contributed by atoms with Gasteiger partial charge in [-0.15, -0.1) is 0 Å². The van der Waals surface area contributed by atoms with Crippen molar-refractivity contribution in [1.29, 1.82) is 0 Å². The quantitative estimate of drug-likeness (QED) is 0.591. The molecule has 148 valence electrons. The first-order chi connectivity index (χ1) is 13.2. The van der Waals surface area contributed by atoms with Crippen molar-refractivity contribution < 1.29 is 19.1 Å². The summed E-state index contributed by atoms with van der Waals surface area (Å²) in [5.74, 6) is -0.960. The summed E-state index contributed by atoms with van der Waals surface area (Å²) >= 11 is 6.89. The maximum absolute atomic E-state index is 13.1. The highest BCUT2D eigenvalue weighted by atomic mass is 79.9. The van der Waals surface area contributed by atoms with Crippen LogP contribution < -0.4 is 10.6 Å². The summed E-state index contributed by atoms with van der Waals surface area (Å²) in [5, 5.41) is 6.56. The number of fused-ring (bicyclic) bond motifs is 1. The lowest BCUT2D eigenvalue weighted by molar-refractivity contribution is -0.151. The molecule has 2 unspecified atom stereocenters. The first-order valence-corrected chi connectivity index (χ1v) is 10.1. The molecule has 0 saturated carbocycles. The Labute approximate surface area is 180 Å². The number of benzene rings is 2. The summed E-state index contributed by atoms with van der Waals surface area (Å²) < 4.78 is 11.9. The number of hydrogen-bond donors (Lipinski definition) is 2. The fraction of sp³-hybridized carbons (Fsp3) is 0.300. The molecule has 0 amide bonds. The Balaban J connectivity index is 2.22. The van der Waals surface area contributed by atoms with Gasteiger partial charge in [0.25, 0.3) is 0 Å². The number of ether oxygens (including phenoxy) is 2. The molecule has 0 aliphatic carbocycles. The number of anilines is 2. The van der Waals surface area contributed by atoms with Crippen LogP contribution in [0.5, 0.6) is 0 Å². The van der Waals surface area contributed by atoms with E-state index in [2.05, 4.69) is 42.5 Å². The summed E-state index contributed by atoms with van der Waals surface area (Å²) in [6.45, 7) is 1.71. The first-order valence-electron chi connectivity index (χ1n) is 8.53. The normalized spacial score (nSPS) is 23.2. The van der Waals surface area contributed by atoms with Crippen molar-refractivity contribution in [2.75, 3.05) is 24.9 Å². The minimum absolute atomic E-state index is 0.0961. The van der Waals surface area contributed by atoms with Crippen molar-refractivity contribution in [2.24, 2.45) is 0 Å². The molecule has 2 atom stereocenters. The predicted octanol–water partition coefficient (Wildman–Crippen LogP) is 4.44. The van der Waals surface area contributed by atoms with Crippen LogP contribution in [0.1, 0.15) is 18.9 Å². The number of hydrogen-bond acceptors (Lipinski definition) is 6. The molecule has 1 heterocycles. The van der Waals surface area contributed by atoms with Gasteiger partial charge < -0.3 is 20.1 Å². The fourth-order valence-corrected chi connectivity index (χ4v) is 4.22. The minimum Gasteiger partial charge on any atom is -0.467 e. The van der Waals surface area contributed by atoms with Gasteiger partial charge in [0.15, 0.2) is 5.54 Å². The SMILES string of the molecule is COC(=O)C1(C)CC(Nc2ccc(Br)cc2)(C(=O)OC)c2cc(Br)ccc2N1. The summed E-state index contributed by atoms with van der Waals surface area (Å²) in [6, 6.07) is 13.0. The molecule has 8 heteroatoms. The number of halogens is 2. The van der Waals surface area contributed by atoms with E-state index >= 15 is 0 Å². The molecule has 28 heavy (non-hydrogen) atoms. The Morgan fingerprint density at radius 3 is 2.21 bits per heavy atom. The molecule has 0 radical (unpaired) electrons. The zero-order chi connectivity index (χ0) is 20.5. The van der Waals surface area contributed by atoms with E-state index in [0.29, 0.717) is 16.9 Å². The van der Waals surface area contributed by atoms with Crippen LogP contribution in [0.3, 0.4) is 0 Å². The highest BCUT2D eigenvalue weighted by Gasteiger charge is 2.55. The topological polar surface area (TPSA) is 76.7 Å². The van der Waals surface area contributed by atoms with E-state index in [-0.39, 0.29) is 6.42 Å². The molecule has 0 bridgehead atoms. The molecule has 1 aliphatic rings. The summed E-state index contributed by atoms with van der Waals surface area (Å²) in [6.07, 6.45) is 0.0961. The van der Waals surface area contributed by atoms with E-state index in [9.17, 15) is 9.59 Å². The van der Waals surface area contributed by atoms with Gasteiger partial charge in [-0.05, 0) is 49.4 Å². The number of methoxy groups -OCH3 is 2. The van der Waals surface area contributed by atoms with Crippen LogP contribution in [-0.2, 0) is 24.6 Å². The van der Waals surface area contributed by atoms with Crippen LogP contribution in [0.15, 0.2) is 51.4 Å². The Morgan fingerprint density at radius 2 is 1.61 bits per heavy atom. The summed E-state index contributed by atoms with van der Waals surface area (Å²) in [5.41, 5.74) is -0.383. The van der Waals surface area contributed by atoms with Gasteiger partial charge in [-0.3, -0.25) is 0 Å². The van der Waals surface area contributed by atoms with Crippen LogP contribution in [0.4, 0.5) is 11.4 Å². The molecule has 2 N–H and O–H groups in total. The molecule has 0 fully saturated rings. The smallest absolute Gasteiger partial charge is 0.336 e. The van der Waals surface area contributed by atoms with Crippen LogP contribution >= 0.6 is 31.9 Å². The highest BCUT2D eigenvalue weighted by molar-refractivity contribution is 9.10. The van der Waals surface area contributed by atoms with E-state index in [0.717, 1.165) is 8.95 Å². The number of carbonyl (C=O) groups is 2. The first kappa shape index (κ1) is 20.7. The monoisotopic (exact) mass is 510 g/mol. The molecule has 0 saturated heterocycles. The van der Waals surface area contributed by atoms with E-state index < -0.39 is 23.0 Å². The second kappa shape index (κ2) is 7.75. The van der Waals surface area contributed by atoms with Crippen LogP contribution in [0, 0.1) is 0 Å². The molecular weight excluding hydrogens is 492 g/mol. The summed E-state index contributed by atoms with van der Waals surface area (Å²) in [7, 11) is 2.66. The van der Waals surface area contributed by atoms with E-state index in [1.807, 2.05) is 42.5 Å². The van der Waals surface area contributed by atoms with Crippen molar-refractivity contribution in [3.63, 3.8) is 0 Å². The van der Waals surface area contributed by atoms with Crippen LogP contribution in [0.2, 0.25) is 0 Å². The standard InChI is InChI=1S/C20H20Br2N2O4/c1-19(17(25)27-2)11-20(18(26)28-3,23-14-7-4-12(21)5-8-14)15-10-13(22)6-9-16(15)24-19/h4-10,23-24H,11H2,1-3H3. The van der Waals surface area contributed by atoms with Gasteiger partial charge in [0, 0.05) is 32.3 Å². The number of carbonyl (C=O) groups excluding carboxylic acids is 2. The molecule has 2 aromatic carbocycles. The molecule has 2 aromatic rings. The number of esters is 2. The zero-order valence-corrected chi connectivity index (χ0v) is 18.8. The Kier molecular flexibility index (Phi) is 5.72. The number of rotatable bonds is 4. The molecule has 3 rings (SSSR count). The Hall–Kier alpha value is -2.06. The number of nitrogens with one attached hydrogen (secondary N) is 2. The fourth-order valence-electron chi connectivity index (χ4n) is 3.59. The lowest BCUT2D eigenvalue weighted by Crippen LogP contribution is -2.59. The van der Waals surface area contributed by atoms with Gasteiger partial charge in [0.2, 0.25) is 0 Å². The van der Waals surface area contributed by atoms with Crippen molar-refractivity contribution in [1.82, 2.24) is 0 Å². The second-order valence-corrected chi connectivity index (χ2v) is 8.68. The second-order valence-electron chi connectivity index (χ2n) is 6.84. The van der Waals surface area contributed by atoms with Gasteiger partial charge in [0.1, 0.15) is 5.54 Å². The van der Waals surface area contributed by atoms with Gasteiger partial charge in [-0.2, -0.15) is 0 Å². The van der Waals surface area contributed by atoms with Gasteiger partial charge >= 0.3 is 11.9 Å². The van der Waals surface area contributed by atoms with E-state index in [1.165, 1.54) is 14.2 Å². The largest absolute Gasteiger partial charge is 0.467 e. The summed E-state index contributed by atoms with van der Waals surface area (Å²) in [4.78, 5) is 25.7. The highest BCUT2D eigenvalue weighted by Crippen LogP contribution is 2.46. The maximum atomic E-state index is 13.1.